The summed E-state index contributed by atoms with van der Waals surface area (Å²) >= 11 is 0. The van der Waals surface area contributed by atoms with Gasteiger partial charge in [-0.15, -0.1) is 13.2 Å². The van der Waals surface area contributed by atoms with Crippen molar-refractivity contribution in [2.45, 2.75) is 168 Å². The molecule has 0 aromatic carbocycles. The molecule has 0 rings (SSSR count). The Bertz CT molecular complexity index is 254. The largest absolute Gasteiger partial charge is 0.412 e. The molecule has 0 aliphatic carbocycles. The Morgan fingerprint density at radius 3 is 0.750 bits per heavy atom. The highest BCUT2D eigenvalue weighted by Crippen LogP contribution is 2.13. The molecular weight excluding hydrogens is 392 g/mol. The van der Waals surface area contributed by atoms with Crippen LogP contribution >= 0.6 is 0 Å². The van der Waals surface area contributed by atoms with E-state index in [1.54, 1.807) is 0 Å². The van der Waals surface area contributed by atoms with Crippen LogP contribution in [-0.4, -0.2) is 18.7 Å². The minimum atomic E-state index is 0. The van der Waals surface area contributed by atoms with Crippen LogP contribution in [0.4, 0.5) is 0 Å². The molecule has 0 heterocycles. The number of ether oxygens (including phenoxy) is 1. The maximum absolute atomic E-state index is 5.82. The van der Waals surface area contributed by atoms with Gasteiger partial charge in [0.1, 0.15) is 0 Å². The van der Waals surface area contributed by atoms with Gasteiger partial charge in [0.15, 0.2) is 0 Å². The Morgan fingerprint density at radius 1 is 0.344 bits per heavy atom. The molecule has 0 atom stereocenters. The summed E-state index contributed by atoms with van der Waals surface area (Å²) in [7, 11) is 0. The third kappa shape index (κ3) is 37.0. The van der Waals surface area contributed by atoms with E-state index in [0.717, 1.165) is 13.2 Å². The van der Waals surface area contributed by atoms with E-state index in [1.165, 1.54) is 154 Å². The molecule has 0 unspecified atom stereocenters. The molecule has 0 aromatic heterocycles. The zero-order chi connectivity index (χ0) is 23.1. The van der Waals surface area contributed by atoms with Gasteiger partial charge in [0, 0.05) is 13.2 Å². The summed E-state index contributed by atoms with van der Waals surface area (Å²) in [6.45, 7) is 12.6. The van der Waals surface area contributed by atoms with E-state index >= 15 is 0 Å². The molecular formula is C30H64O2. The fourth-order valence-corrected chi connectivity index (χ4v) is 4.19. The van der Waals surface area contributed by atoms with Crippen molar-refractivity contribution in [3.63, 3.8) is 0 Å². The Morgan fingerprint density at radius 2 is 0.531 bits per heavy atom. The molecule has 0 aliphatic heterocycles. The van der Waals surface area contributed by atoms with Crippen LogP contribution in [0.3, 0.4) is 0 Å². The molecule has 0 saturated carbocycles. The smallest absolute Gasteiger partial charge is 0.0466 e. The van der Waals surface area contributed by atoms with Crippen LogP contribution < -0.4 is 0 Å². The van der Waals surface area contributed by atoms with Crippen LogP contribution in [0.15, 0.2) is 13.2 Å². The quantitative estimate of drug-likeness (QED) is 0.0942. The van der Waals surface area contributed by atoms with Gasteiger partial charge >= 0.3 is 0 Å². The maximum atomic E-state index is 5.82. The number of hydrogen-bond donors (Lipinski definition) is 0. The first-order valence-corrected chi connectivity index (χ1v) is 14.5. The minimum absolute atomic E-state index is 0. The molecule has 32 heavy (non-hydrogen) atoms. The highest BCUT2D eigenvalue weighted by Gasteiger charge is 1.96. The van der Waals surface area contributed by atoms with Crippen molar-refractivity contribution in [3.05, 3.63) is 13.2 Å². The molecule has 196 valence electrons. The lowest BCUT2D eigenvalue weighted by Crippen LogP contribution is -1.97. The van der Waals surface area contributed by atoms with Gasteiger partial charge < -0.3 is 10.2 Å². The maximum Gasteiger partial charge on any atom is 0.0466 e. The summed E-state index contributed by atoms with van der Waals surface area (Å²) in [5, 5.41) is 0. The van der Waals surface area contributed by atoms with Crippen LogP contribution in [-0.2, 0) is 4.74 Å². The van der Waals surface area contributed by atoms with Gasteiger partial charge in [-0.1, -0.05) is 155 Å². The molecule has 0 aliphatic rings. The van der Waals surface area contributed by atoms with E-state index < -0.39 is 0 Å². The van der Waals surface area contributed by atoms with Crippen LogP contribution in [0.2, 0.25) is 0 Å². The molecule has 0 spiro atoms. The third-order valence-electron chi connectivity index (χ3n) is 6.28. The highest BCUT2D eigenvalue weighted by molar-refractivity contribution is 4.50. The van der Waals surface area contributed by atoms with E-state index in [2.05, 4.69) is 27.0 Å². The van der Waals surface area contributed by atoms with Gasteiger partial charge in [-0.05, 0) is 12.8 Å². The SMILES string of the molecule is C=C.CCCCCCCCCCCCCCOCCCCCCCCCCCCCC.O. The van der Waals surface area contributed by atoms with Gasteiger partial charge in [0.2, 0.25) is 0 Å². The summed E-state index contributed by atoms with van der Waals surface area (Å²) in [5.41, 5.74) is 0. The van der Waals surface area contributed by atoms with Crippen molar-refractivity contribution in [2.75, 3.05) is 13.2 Å². The van der Waals surface area contributed by atoms with Gasteiger partial charge in [0.05, 0.1) is 0 Å². The van der Waals surface area contributed by atoms with Crippen molar-refractivity contribution in [2.24, 2.45) is 0 Å². The van der Waals surface area contributed by atoms with Crippen molar-refractivity contribution < 1.29 is 10.2 Å². The standard InChI is InChI=1S/C28H58O.C2H4.H2O/c1-3-5-7-9-11-13-15-17-19-21-23-25-27-29-28-26-24-22-20-18-16-14-12-10-8-6-4-2;1-2;/h3-28H2,1-2H3;1-2H2;1H2. The lowest BCUT2D eigenvalue weighted by atomic mass is 10.1. The Balaban J connectivity index is -0.00000272. The third-order valence-corrected chi connectivity index (χ3v) is 6.28. The van der Waals surface area contributed by atoms with Gasteiger partial charge in [-0.2, -0.15) is 0 Å². The van der Waals surface area contributed by atoms with E-state index in [4.69, 9.17) is 4.74 Å². The number of unbranched alkanes of at least 4 members (excludes halogenated alkanes) is 22. The van der Waals surface area contributed by atoms with E-state index in [0.29, 0.717) is 0 Å². The van der Waals surface area contributed by atoms with Gasteiger partial charge in [-0.3, -0.25) is 0 Å². The van der Waals surface area contributed by atoms with Crippen molar-refractivity contribution in [1.29, 1.82) is 0 Å². The monoisotopic (exact) mass is 456 g/mol. The Hall–Kier alpha value is -0.340. The first kappa shape index (κ1) is 36.2. The van der Waals surface area contributed by atoms with Crippen molar-refractivity contribution >= 4 is 0 Å². The van der Waals surface area contributed by atoms with Crippen molar-refractivity contribution in [3.8, 4) is 0 Å². The first-order chi connectivity index (χ1) is 15.4. The van der Waals surface area contributed by atoms with Crippen LogP contribution in [0.5, 0.6) is 0 Å². The number of hydrogen-bond acceptors (Lipinski definition) is 1. The van der Waals surface area contributed by atoms with E-state index in [9.17, 15) is 0 Å². The zero-order valence-electron chi connectivity index (χ0n) is 22.7. The van der Waals surface area contributed by atoms with Crippen LogP contribution in [0.25, 0.3) is 0 Å². The summed E-state index contributed by atoms with van der Waals surface area (Å²) in [5.74, 6) is 0. The minimum Gasteiger partial charge on any atom is -0.412 e. The van der Waals surface area contributed by atoms with E-state index in [-0.39, 0.29) is 5.48 Å². The fraction of sp³-hybridized carbons (Fsp3) is 0.933. The summed E-state index contributed by atoms with van der Waals surface area (Å²) in [6, 6.07) is 0. The predicted molar refractivity (Wildman–Crippen MR) is 148 cm³/mol. The summed E-state index contributed by atoms with van der Waals surface area (Å²) < 4.78 is 5.82. The van der Waals surface area contributed by atoms with Crippen LogP contribution in [0, 0.1) is 0 Å². The second-order valence-electron chi connectivity index (χ2n) is 9.39. The second-order valence-corrected chi connectivity index (χ2v) is 9.39. The molecule has 0 bridgehead atoms. The van der Waals surface area contributed by atoms with E-state index in [1.807, 2.05) is 0 Å². The van der Waals surface area contributed by atoms with Crippen molar-refractivity contribution in [1.82, 2.24) is 0 Å². The predicted octanol–water partition coefficient (Wildman–Crippen LogP) is 10.4. The lowest BCUT2D eigenvalue weighted by molar-refractivity contribution is 0.125. The molecule has 2 heteroatoms. The molecule has 0 saturated heterocycles. The summed E-state index contributed by atoms with van der Waals surface area (Å²) in [4.78, 5) is 0. The molecule has 0 aromatic rings. The molecule has 2 nitrogen and oxygen atoms in total. The molecule has 0 radical (unpaired) electrons. The average Bonchev–Trinajstić information content (AvgIpc) is 2.80. The Kier molecular flexibility index (Phi) is 43.0. The molecule has 2 N–H and O–H groups in total. The highest BCUT2D eigenvalue weighted by atomic mass is 16.5. The normalized spacial score (nSPS) is 10.4. The van der Waals surface area contributed by atoms with Gasteiger partial charge in [0.25, 0.3) is 0 Å². The average molecular weight is 457 g/mol. The topological polar surface area (TPSA) is 40.7 Å². The van der Waals surface area contributed by atoms with Gasteiger partial charge in [-0.25, -0.2) is 0 Å². The molecule has 0 amide bonds. The fourth-order valence-electron chi connectivity index (χ4n) is 4.19. The second kappa shape index (κ2) is 37.9. The Labute approximate surface area is 204 Å². The summed E-state index contributed by atoms with van der Waals surface area (Å²) in [6.07, 6.45) is 34.1. The lowest BCUT2D eigenvalue weighted by Gasteiger charge is -2.05. The van der Waals surface area contributed by atoms with Crippen LogP contribution in [0.1, 0.15) is 168 Å². The first-order valence-electron chi connectivity index (χ1n) is 14.5. The molecule has 0 fully saturated rings. The number of rotatable bonds is 26. The zero-order valence-corrected chi connectivity index (χ0v) is 22.7.